The van der Waals surface area contributed by atoms with Gasteiger partial charge in [0.15, 0.2) is 17.4 Å². The molecule has 0 spiro atoms. The Kier molecular flexibility index (Phi) is 6.92. The predicted molar refractivity (Wildman–Crippen MR) is 86.9 cm³/mol. The van der Waals surface area contributed by atoms with Crippen LogP contribution in [0, 0.1) is 22.6 Å². The number of rotatable bonds is 8. The number of nitrogens with zero attached hydrogens (tertiary/aromatic N) is 2. The highest BCUT2D eigenvalue weighted by Gasteiger charge is 2.31. The lowest BCUT2D eigenvalue weighted by Crippen LogP contribution is -2.39. The molecule has 0 fully saturated rings. The van der Waals surface area contributed by atoms with Crippen molar-refractivity contribution in [3.63, 3.8) is 0 Å². The van der Waals surface area contributed by atoms with Crippen LogP contribution in [0.5, 0.6) is 0 Å². The third-order valence-corrected chi connectivity index (χ3v) is 4.24. The van der Waals surface area contributed by atoms with Gasteiger partial charge < -0.3 is 10.1 Å². The molecule has 0 amide bonds. The third-order valence-electron chi connectivity index (χ3n) is 3.95. The molecule has 1 unspecified atom stereocenters. The first kappa shape index (κ1) is 19.3. The summed E-state index contributed by atoms with van der Waals surface area (Å²) in [6, 6.07) is 2.46. The number of nitriles is 1. The zero-order valence-corrected chi connectivity index (χ0v) is 14.5. The number of halogens is 2. The van der Waals surface area contributed by atoms with Crippen LogP contribution in [0.2, 0.25) is 5.15 Å². The summed E-state index contributed by atoms with van der Waals surface area (Å²) in [5, 5.41) is 11.7. The Morgan fingerprint density at radius 2 is 2.26 bits per heavy atom. The van der Waals surface area contributed by atoms with Gasteiger partial charge in [-0.05, 0) is 17.9 Å². The molecule has 5 nitrogen and oxygen atoms in total. The summed E-state index contributed by atoms with van der Waals surface area (Å²) in [7, 11) is 1.45. The fraction of sp³-hybridized carbons (Fsp3) is 0.562. The molecule has 126 valence electrons. The summed E-state index contributed by atoms with van der Waals surface area (Å²) >= 11 is 5.86. The van der Waals surface area contributed by atoms with E-state index in [1.807, 2.05) is 20.8 Å². The maximum atomic E-state index is 14.1. The molecule has 7 heteroatoms. The first-order valence-electron chi connectivity index (χ1n) is 7.28. The van der Waals surface area contributed by atoms with Crippen molar-refractivity contribution >= 4 is 23.2 Å². The SMILES string of the molecule is CCC(C)(C)C(CC(=O)COC)Nc1nc(Cl)c(C#N)cc1F. The van der Waals surface area contributed by atoms with Crippen molar-refractivity contribution in [2.45, 2.75) is 39.7 Å². The number of Topliss-reactive ketones (excluding diaryl/α,β-unsaturated/α-hetero) is 1. The van der Waals surface area contributed by atoms with E-state index in [2.05, 4.69) is 10.3 Å². The Morgan fingerprint density at radius 1 is 1.61 bits per heavy atom. The number of pyridine rings is 1. The average molecular weight is 342 g/mol. The van der Waals surface area contributed by atoms with E-state index in [9.17, 15) is 9.18 Å². The summed E-state index contributed by atoms with van der Waals surface area (Å²) in [6.45, 7) is 5.95. The minimum atomic E-state index is -0.679. The van der Waals surface area contributed by atoms with E-state index in [0.29, 0.717) is 0 Å². The molecule has 23 heavy (non-hydrogen) atoms. The molecular weight excluding hydrogens is 321 g/mol. The highest BCUT2D eigenvalue weighted by Crippen LogP contribution is 2.31. The van der Waals surface area contributed by atoms with Crippen LogP contribution in [0.1, 0.15) is 39.2 Å². The van der Waals surface area contributed by atoms with Crippen molar-refractivity contribution in [1.82, 2.24) is 4.98 Å². The Morgan fingerprint density at radius 3 is 2.78 bits per heavy atom. The minimum absolute atomic E-state index is 0.00200. The van der Waals surface area contributed by atoms with E-state index in [1.165, 1.54) is 7.11 Å². The van der Waals surface area contributed by atoms with Crippen LogP contribution in [-0.2, 0) is 9.53 Å². The first-order chi connectivity index (χ1) is 10.7. The number of carbonyl (C=O) groups excluding carboxylic acids is 1. The lowest BCUT2D eigenvalue weighted by atomic mass is 9.79. The van der Waals surface area contributed by atoms with Crippen molar-refractivity contribution in [3.8, 4) is 6.07 Å². The minimum Gasteiger partial charge on any atom is -0.377 e. The van der Waals surface area contributed by atoms with Crippen molar-refractivity contribution in [1.29, 1.82) is 5.26 Å². The van der Waals surface area contributed by atoms with Gasteiger partial charge >= 0.3 is 0 Å². The van der Waals surface area contributed by atoms with Crippen molar-refractivity contribution in [2.75, 3.05) is 19.0 Å². The molecule has 1 heterocycles. The average Bonchev–Trinajstić information content (AvgIpc) is 2.49. The van der Waals surface area contributed by atoms with Gasteiger partial charge in [0.2, 0.25) is 0 Å². The monoisotopic (exact) mass is 341 g/mol. The van der Waals surface area contributed by atoms with Crippen LogP contribution < -0.4 is 5.32 Å². The Balaban J connectivity index is 3.09. The second-order valence-corrected chi connectivity index (χ2v) is 6.34. The van der Waals surface area contributed by atoms with Gasteiger partial charge in [-0.25, -0.2) is 9.37 Å². The van der Waals surface area contributed by atoms with Gasteiger partial charge in [0.1, 0.15) is 17.8 Å². The maximum Gasteiger partial charge on any atom is 0.166 e. The van der Waals surface area contributed by atoms with Gasteiger partial charge in [-0.2, -0.15) is 5.26 Å². The summed E-state index contributed by atoms with van der Waals surface area (Å²) in [6.07, 6.45) is 0.948. The number of carbonyl (C=O) groups is 1. The smallest absolute Gasteiger partial charge is 0.166 e. The van der Waals surface area contributed by atoms with Crippen LogP contribution in [-0.4, -0.2) is 30.5 Å². The number of hydrogen-bond donors (Lipinski definition) is 1. The molecule has 0 radical (unpaired) electrons. The Bertz CT molecular complexity index is 614. The van der Waals surface area contributed by atoms with Crippen LogP contribution in [0.25, 0.3) is 0 Å². The molecule has 1 atom stereocenters. The molecule has 1 aromatic rings. The summed E-state index contributed by atoms with van der Waals surface area (Å²) < 4.78 is 19.0. The lowest BCUT2D eigenvalue weighted by molar-refractivity contribution is -0.123. The zero-order valence-electron chi connectivity index (χ0n) is 13.7. The van der Waals surface area contributed by atoms with Crippen molar-refractivity contribution < 1.29 is 13.9 Å². The molecule has 1 aromatic heterocycles. The predicted octanol–water partition coefficient (Wildman–Crippen LogP) is 3.57. The van der Waals surface area contributed by atoms with Crippen LogP contribution >= 0.6 is 11.6 Å². The summed E-state index contributed by atoms with van der Waals surface area (Å²) in [5.74, 6) is -0.834. The molecular formula is C16H21ClFN3O2. The van der Waals surface area contributed by atoms with Gasteiger partial charge in [-0.3, -0.25) is 4.79 Å². The fourth-order valence-electron chi connectivity index (χ4n) is 2.03. The second-order valence-electron chi connectivity index (χ2n) is 5.98. The van der Waals surface area contributed by atoms with Crippen molar-refractivity contribution in [3.05, 3.63) is 22.6 Å². The van der Waals surface area contributed by atoms with Gasteiger partial charge in [-0.15, -0.1) is 0 Å². The summed E-state index contributed by atoms with van der Waals surface area (Å²) in [4.78, 5) is 15.8. The molecule has 0 aliphatic heterocycles. The number of aromatic nitrogens is 1. The molecule has 0 saturated heterocycles. The van der Waals surface area contributed by atoms with E-state index >= 15 is 0 Å². The number of nitrogens with one attached hydrogen (secondary N) is 1. The van der Waals surface area contributed by atoms with Crippen LogP contribution in [0.4, 0.5) is 10.2 Å². The number of ketones is 1. The molecule has 1 rings (SSSR count). The normalized spacial score (nSPS) is 12.6. The van der Waals surface area contributed by atoms with E-state index < -0.39 is 5.82 Å². The van der Waals surface area contributed by atoms with Gasteiger partial charge in [0.05, 0.1) is 5.56 Å². The van der Waals surface area contributed by atoms with Gasteiger partial charge in [0.25, 0.3) is 0 Å². The molecule has 0 saturated carbocycles. The van der Waals surface area contributed by atoms with E-state index in [0.717, 1.165) is 12.5 Å². The number of methoxy groups -OCH3 is 1. The Hall–Kier alpha value is -1.71. The molecule has 0 aromatic carbocycles. The highest BCUT2D eigenvalue weighted by molar-refractivity contribution is 6.30. The van der Waals surface area contributed by atoms with Crippen LogP contribution in [0.15, 0.2) is 6.07 Å². The van der Waals surface area contributed by atoms with Crippen molar-refractivity contribution in [2.24, 2.45) is 5.41 Å². The lowest BCUT2D eigenvalue weighted by Gasteiger charge is -2.34. The van der Waals surface area contributed by atoms with E-state index in [4.69, 9.17) is 21.6 Å². The van der Waals surface area contributed by atoms with E-state index in [1.54, 1.807) is 6.07 Å². The van der Waals surface area contributed by atoms with E-state index in [-0.39, 0.29) is 46.8 Å². The fourth-order valence-corrected chi connectivity index (χ4v) is 2.21. The third kappa shape index (κ3) is 5.15. The zero-order chi connectivity index (χ0) is 17.6. The largest absolute Gasteiger partial charge is 0.377 e. The number of ether oxygens (including phenoxy) is 1. The second kappa shape index (κ2) is 8.23. The first-order valence-corrected chi connectivity index (χ1v) is 7.66. The molecule has 0 aliphatic rings. The molecule has 0 aliphatic carbocycles. The van der Waals surface area contributed by atoms with Gasteiger partial charge in [-0.1, -0.05) is 32.4 Å². The summed E-state index contributed by atoms with van der Waals surface area (Å²) in [5.41, 5.74) is -0.311. The topological polar surface area (TPSA) is 75.0 Å². The Labute approximate surface area is 140 Å². The van der Waals surface area contributed by atoms with Gasteiger partial charge in [0, 0.05) is 19.6 Å². The number of hydrogen-bond acceptors (Lipinski definition) is 5. The maximum absolute atomic E-state index is 14.1. The highest BCUT2D eigenvalue weighted by atomic mass is 35.5. The van der Waals surface area contributed by atoms with Crippen LogP contribution in [0.3, 0.4) is 0 Å². The molecule has 0 bridgehead atoms. The standard InChI is InChI=1S/C16H21ClFN3O2/c1-5-16(2,3)13(7-11(22)9-23-4)20-15-12(18)6-10(8-19)14(17)21-15/h6,13H,5,7,9H2,1-4H3,(H,20,21). The quantitative estimate of drug-likeness (QED) is 0.731. The molecule has 1 N–H and O–H groups in total. The number of anilines is 1.